The highest BCUT2D eigenvalue weighted by Crippen LogP contribution is 2.36. The fourth-order valence-corrected chi connectivity index (χ4v) is 3.25. The molecule has 0 bridgehead atoms. The molecule has 1 unspecified atom stereocenters. The molecule has 104 valence electrons. The van der Waals surface area contributed by atoms with Crippen LogP contribution in [0, 0.1) is 11.3 Å². The third-order valence-electron chi connectivity index (χ3n) is 4.21. The molecule has 0 aromatic heterocycles. The third-order valence-corrected chi connectivity index (χ3v) is 4.80. The van der Waals surface area contributed by atoms with Gasteiger partial charge < -0.3 is 5.32 Å². The molecule has 0 saturated carbocycles. The first-order chi connectivity index (χ1) is 8.95. The highest BCUT2D eigenvalue weighted by molar-refractivity contribution is 6.35. The van der Waals surface area contributed by atoms with Crippen molar-refractivity contribution in [2.24, 2.45) is 11.3 Å². The second-order valence-electron chi connectivity index (χ2n) is 5.57. The number of Topliss-reactive ketones (excluding diaryl/α,β-unsaturated/α-hetero) is 1. The van der Waals surface area contributed by atoms with Gasteiger partial charge in [-0.3, -0.25) is 4.79 Å². The molecule has 0 aliphatic carbocycles. The number of halogens is 2. The molecular formula is C15H19Cl2NO. The molecule has 1 heterocycles. The van der Waals surface area contributed by atoms with E-state index in [4.69, 9.17) is 23.2 Å². The van der Waals surface area contributed by atoms with Crippen molar-refractivity contribution in [3.8, 4) is 0 Å². The topological polar surface area (TPSA) is 29.1 Å². The van der Waals surface area contributed by atoms with Crippen LogP contribution in [0.2, 0.25) is 10.0 Å². The van der Waals surface area contributed by atoms with E-state index in [1.54, 1.807) is 12.1 Å². The Labute approximate surface area is 124 Å². The Morgan fingerprint density at radius 2 is 2.16 bits per heavy atom. The largest absolute Gasteiger partial charge is 0.316 e. The van der Waals surface area contributed by atoms with E-state index in [-0.39, 0.29) is 11.2 Å². The Kier molecular flexibility index (Phi) is 4.54. The minimum Gasteiger partial charge on any atom is -0.316 e. The normalized spacial score (nSPS) is 23.0. The SMILES string of the molecule is CC(C)C1(C(=O)Cc2ccc(Cl)cc2Cl)CCNC1. The average Bonchev–Trinajstić information content (AvgIpc) is 2.83. The quantitative estimate of drug-likeness (QED) is 0.917. The van der Waals surface area contributed by atoms with E-state index in [2.05, 4.69) is 19.2 Å². The average molecular weight is 300 g/mol. The van der Waals surface area contributed by atoms with E-state index in [0.717, 1.165) is 25.1 Å². The lowest BCUT2D eigenvalue weighted by Gasteiger charge is -2.31. The highest BCUT2D eigenvalue weighted by atomic mass is 35.5. The van der Waals surface area contributed by atoms with E-state index < -0.39 is 0 Å². The molecule has 1 aliphatic rings. The number of benzene rings is 1. The van der Waals surface area contributed by atoms with Gasteiger partial charge in [-0.15, -0.1) is 0 Å². The standard InChI is InChI=1S/C15H19Cl2NO/c1-10(2)15(5-6-18-9-15)14(19)7-11-3-4-12(16)8-13(11)17/h3-4,8,10,18H,5-7,9H2,1-2H3. The number of hydrogen-bond donors (Lipinski definition) is 1. The van der Waals surface area contributed by atoms with Crippen molar-refractivity contribution < 1.29 is 4.79 Å². The van der Waals surface area contributed by atoms with Crippen LogP contribution >= 0.6 is 23.2 Å². The molecule has 1 N–H and O–H groups in total. The molecule has 0 radical (unpaired) electrons. The van der Waals surface area contributed by atoms with Gasteiger partial charge in [-0.05, 0) is 36.6 Å². The molecule has 1 aromatic carbocycles. The van der Waals surface area contributed by atoms with Crippen LogP contribution in [0.3, 0.4) is 0 Å². The van der Waals surface area contributed by atoms with Gasteiger partial charge in [0.2, 0.25) is 0 Å². The predicted molar refractivity (Wildman–Crippen MR) is 79.9 cm³/mol. The second kappa shape index (κ2) is 5.82. The summed E-state index contributed by atoms with van der Waals surface area (Å²) in [4.78, 5) is 12.7. The third kappa shape index (κ3) is 2.96. The molecule has 1 fully saturated rings. The summed E-state index contributed by atoms with van der Waals surface area (Å²) in [5.74, 6) is 0.609. The van der Waals surface area contributed by atoms with Crippen molar-refractivity contribution in [3.63, 3.8) is 0 Å². The molecule has 1 atom stereocenters. The molecule has 19 heavy (non-hydrogen) atoms. The number of rotatable bonds is 4. The van der Waals surface area contributed by atoms with Gasteiger partial charge in [0.15, 0.2) is 0 Å². The fraction of sp³-hybridized carbons (Fsp3) is 0.533. The van der Waals surface area contributed by atoms with Crippen LogP contribution in [0.25, 0.3) is 0 Å². The first-order valence-corrected chi connectivity index (χ1v) is 7.39. The van der Waals surface area contributed by atoms with Crippen molar-refractivity contribution in [1.82, 2.24) is 5.32 Å². The Bertz CT molecular complexity index is 479. The lowest BCUT2D eigenvalue weighted by atomic mass is 9.71. The van der Waals surface area contributed by atoms with E-state index in [9.17, 15) is 4.79 Å². The molecule has 4 heteroatoms. The highest BCUT2D eigenvalue weighted by Gasteiger charge is 2.43. The van der Waals surface area contributed by atoms with E-state index >= 15 is 0 Å². The van der Waals surface area contributed by atoms with Gasteiger partial charge >= 0.3 is 0 Å². The maximum atomic E-state index is 12.7. The predicted octanol–water partition coefficient (Wildman–Crippen LogP) is 3.74. The van der Waals surface area contributed by atoms with Gasteiger partial charge in [0.25, 0.3) is 0 Å². The van der Waals surface area contributed by atoms with E-state index in [0.29, 0.717) is 22.4 Å². The summed E-state index contributed by atoms with van der Waals surface area (Å²) in [5.41, 5.74) is 0.617. The number of ketones is 1. The first kappa shape index (κ1) is 14.8. The Hall–Kier alpha value is -0.570. The summed E-state index contributed by atoms with van der Waals surface area (Å²) >= 11 is 12.0. The number of nitrogens with one attached hydrogen (secondary N) is 1. The summed E-state index contributed by atoms with van der Waals surface area (Å²) in [6, 6.07) is 5.32. The minimum atomic E-state index is -0.247. The van der Waals surface area contributed by atoms with E-state index in [1.165, 1.54) is 0 Å². The first-order valence-electron chi connectivity index (χ1n) is 6.63. The lowest BCUT2D eigenvalue weighted by molar-refractivity contribution is -0.129. The molecule has 0 spiro atoms. The monoisotopic (exact) mass is 299 g/mol. The zero-order chi connectivity index (χ0) is 14.0. The maximum absolute atomic E-state index is 12.7. The lowest BCUT2D eigenvalue weighted by Crippen LogP contribution is -2.39. The Balaban J connectivity index is 2.20. The Morgan fingerprint density at radius 1 is 1.42 bits per heavy atom. The second-order valence-corrected chi connectivity index (χ2v) is 6.42. The van der Waals surface area contributed by atoms with Gasteiger partial charge in [-0.2, -0.15) is 0 Å². The van der Waals surface area contributed by atoms with Gasteiger partial charge in [0, 0.05) is 28.4 Å². The van der Waals surface area contributed by atoms with Gasteiger partial charge in [-0.25, -0.2) is 0 Å². The molecule has 1 saturated heterocycles. The van der Waals surface area contributed by atoms with Gasteiger partial charge in [0.05, 0.1) is 0 Å². The van der Waals surface area contributed by atoms with Gasteiger partial charge in [0.1, 0.15) is 5.78 Å². The van der Waals surface area contributed by atoms with Gasteiger partial charge in [-0.1, -0.05) is 43.1 Å². The summed E-state index contributed by atoms with van der Waals surface area (Å²) in [6.07, 6.45) is 1.30. The van der Waals surface area contributed by atoms with Crippen LogP contribution in [-0.2, 0) is 11.2 Å². The molecule has 2 nitrogen and oxygen atoms in total. The van der Waals surface area contributed by atoms with Crippen molar-refractivity contribution >= 4 is 29.0 Å². The molecule has 2 rings (SSSR count). The fourth-order valence-electron chi connectivity index (χ4n) is 2.78. The van der Waals surface area contributed by atoms with Crippen LogP contribution in [0.1, 0.15) is 25.8 Å². The van der Waals surface area contributed by atoms with Crippen LogP contribution in [-0.4, -0.2) is 18.9 Å². The minimum absolute atomic E-state index is 0.247. The zero-order valence-electron chi connectivity index (χ0n) is 11.3. The van der Waals surface area contributed by atoms with Crippen LogP contribution in [0.4, 0.5) is 0 Å². The molecule has 1 aromatic rings. The van der Waals surface area contributed by atoms with Crippen LogP contribution in [0.15, 0.2) is 18.2 Å². The smallest absolute Gasteiger partial charge is 0.145 e. The molecule has 0 amide bonds. The summed E-state index contributed by atoms with van der Waals surface area (Å²) in [5, 5.41) is 4.48. The molecular weight excluding hydrogens is 281 g/mol. The maximum Gasteiger partial charge on any atom is 0.145 e. The van der Waals surface area contributed by atoms with Crippen molar-refractivity contribution in [2.45, 2.75) is 26.7 Å². The summed E-state index contributed by atoms with van der Waals surface area (Å²) < 4.78 is 0. The van der Waals surface area contributed by atoms with Crippen LogP contribution in [0.5, 0.6) is 0 Å². The van der Waals surface area contributed by atoms with Crippen molar-refractivity contribution in [3.05, 3.63) is 33.8 Å². The van der Waals surface area contributed by atoms with E-state index in [1.807, 2.05) is 6.07 Å². The Morgan fingerprint density at radius 3 is 2.68 bits per heavy atom. The zero-order valence-corrected chi connectivity index (χ0v) is 12.8. The number of hydrogen-bond acceptors (Lipinski definition) is 2. The molecule has 1 aliphatic heterocycles. The number of carbonyl (C=O) groups excluding carboxylic acids is 1. The summed E-state index contributed by atoms with van der Waals surface area (Å²) in [6.45, 7) is 5.93. The van der Waals surface area contributed by atoms with Crippen molar-refractivity contribution in [1.29, 1.82) is 0 Å². The number of carbonyl (C=O) groups is 1. The summed E-state index contributed by atoms with van der Waals surface area (Å²) in [7, 11) is 0. The van der Waals surface area contributed by atoms with Crippen molar-refractivity contribution in [2.75, 3.05) is 13.1 Å². The van der Waals surface area contributed by atoms with Crippen LogP contribution < -0.4 is 5.32 Å².